The fraction of sp³-hybridized carbons (Fsp3) is 0. The molecule has 0 bridgehead atoms. The number of hydrogen-bond acceptors (Lipinski definition) is 36. The zero-order valence-electron chi connectivity index (χ0n) is 58.9. The van der Waals surface area contributed by atoms with Gasteiger partial charge in [0.25, 0.3) is 0 Å². The van der Waals surface area contributed by atoms with Gasteiger partial charge in [0, 0.05) is 74.4 Å². The molecule has 0 aliphatic heterocycles. The van der Waals surface area contributed by atoms with E-state index >= 15 is 0 Å². The number of halogens is 3. The summed E-state index contributed by atoms with van der Waals surface area (Å²) in [6, 6.07) is 69.6. The summed E-state index contributed by atoms with van der Waals surface area (Å²) < 4.78 is 102. The van der Waals surface area contributed by atoms with E-state index in [4.69, 9.17) is 119 Å². The molecule has 116 heavy (non-hydrogen) atoms. The van der Waals surface area contributed by atoms with Crippen molar-refractivity contribution < 1.29 is 120 Å². The van der Waals surface area contributed by atoms with Crippen LogP contribution in [0.5, 0.6) is 0 Å². The molecule has 36 nitrogen and oxygen atoms in total. The summed E-state index contributed by atoms with van der Waals surface area (Å²) >= 11 is 0. The summed E-state index contributed by atoms with van der Waals surface area (Å²) in [4.78, 5) is 50.2. The van der Waals surface area contributed by atoms with Gasteiger partial charge < -0.3 is 0 Å². The van der Waals surface area contributed by atoms with Gasteiger partial charge in [-0.3, -0.25) is 59.8 Å². The molecule has 576 valence electrons. The van der Waals surface area contributed by atoms with Gasteiger partial charge in [0.2, 0.25) is 0 Å². The average Bonchev–Trinajstić information content (AvgIpc) is 0.897. The fourth-order valence-corrected chi connectivity index (χ4v) is 6.69. The minimum atomic E-state index is -4.94. The first-order valence-corrected chi connectivity index (χ1v) is 34.4. The van der Waals surface area contributed by atoms with E-state index in [1.807, 2.05) is 218 Å². The molecule has 0 aliphatic rings. The van der Waals surface area contributed by atoms with E-state index in [1.165, 1.54) is 71.6 Å². The van der Waals surface area contributed by atoms with Crippen molar-refractivity contribution in [1.82, 2.24) is 59.8 Å². The van der Waals surface area contributed by atoms with E-state index in [-0.39, 0.29) is 33.6 Å². The van der Waals surface area contributed by atoms with Crippen LogP contribution in [-0.4, -0.2) is 78.2 Å². The molecule has 12 aromatic heterocycles. The summed E-state index contributed by atoms with van der Waals surface area (Å²) in [6.07, 6.45) is 13.0. The first kappa shape index (κ1) is 103. The zero-order chi connectivity index (χ0) is 84.8. The predicted octanol–water partition coefficient (Wildman–Crippen LogP) is -2.35. The molecule has 0 unspecified atom stereocenters. The topological polar surface area (TPSA) is 717 Å². The molecule has 44 heteroatoms. The van der Waals surface area contributed by atoms with Crippen LogP contribution in [0.1, 0.15) is 0 Å². The number of rotatable bonds is 6. The van der Waals surface area contributed by atoms with Crippen molar-refractivity contribution >= 4 is 18.4 Å². The molecule has 0 radical (unpaired) electrons. The Morgan fingerprint density at radius 3 is 0.267 bits per heavy atom. The minimum Gasteiger partial charge on any atom is -0.255 e. The Labute approximate surface area is 689 Å². The standard InChI is InChI=1S/6C10H8N2.3C4BN4.3ClHO4.2Co/c6*1-3-7-11-9(5-1)10-6-2-4-8-12-10;3*6-1-5(2-7,3-8)4-9;3*2-1(3,4)5;;/h6*1-8H;;;;3*(H,2,3,4,5);;/q;;;;;;3*-1;;;;2*+3/p-3. The molecular weight excluding hydrogens is 1650 g/mol. The van der Waals surface area contributed by atoms with Crippen molar-refractivity contribution in [3.8, 4) is 140 Å². The van der Waals surface area contributed by atoms with Crippen LogP contribution in [0.3, 0.4) is 0 Å². The molecule has 0 atom stereocenters. The van der Waals surface area contributed by atoms with Gasteiger partial charge in [-0.15, -0.1) is 102 Å². The summed E-state index contributed by atoms with van der Waals surface area (Å²) in [5.74, 6) is 16.1. The average molecular weight is 1700 g/mol. The van der Waals surface area contributed by atoms with Crippen molar-refractivity contribution in [2.75, 3.05) is 0 Å². The largest absolute Gasteiger partial charge is 3.00 e. The van der Waals surface area contributed by atoms with Gasteiger partial charge in [0.15, 0.2) is 0 Å². The summed E-state index contributed by atoms with van der Waals surface area (Å²) in [6.45, 7) is 0. The number of nitrogens with zero attached hydrogens (tertiary/aromatic N) is 24. The van der Waals surface area contributed by atoms with Crippen LogP contribution in [0.4, 0.5) is 0 Å². The molecule has 0 fully saturated rings. The number of pyridine rings is 12. The quantitative estimate of drug-likeness (QED) is 0.157. The second-order valence-corrected chi connectivity index (χ2v) is 22.1. The zero-order valence-corrected chi connectivity index (χ0v) is 63.2. The van der Waals surface area contributed by atoms with Crippen molar-refractivity contribution in [2.24, 2.45) is 0 Å². The molecule has 0 saturated heterocycles. The molecule has 12 aromatic rings. The van der Waals surface area contributed by atoms with E-state index in [9.17, 15) is 0 Å². The SMILES string of the molecule is N#C[B-](C#N)(C#N)C#N.N#C[B-](C#N)(C#N)C#N.N#C[B-](C#N)(C#N)C#N.[Co+3].[Co+3].[O-][Cl+3]([O-])([O-])[O-].[O-][Cl+3]([O-])([O-])[O-].[O-][Cl+3]([O-])([O-])[O-].c1ccc(-c2ccccn2)nc1.c1ccc(-c2ccccn2)nc1.c1ccc(-c2ccccn2)nc1.c1ccc(-c2ccccn2)nc1.c1ccc(-c2ccccn2)nc1.c1ccc(-c2ccccn2)nc1. The summed E-state index contributed by atoms with van der Waals surface area (Å²) in [5.41, 5.74) is 11.0. The van der Waals surface area contributed by atoms with Gasteiger partial charge in [0.05, 0.1) is 68.3 Å². The summed E-state index contributed by atoms with van der Waals surface area (Å²) in [7, 11) is -14.8. The maximum Gasteiger partial charge on any atom is 3.00 e. The van der Waals surface area contributed by atoms with Crippen molar-refractivity contribution in [3.05, 3.63) is 293 Å². The number of aromatic nitrogens is 12. The molecular formula is C72H48B3Cl3Co2N24O12. The van der Waals surface area contributed by atoms with E-state index in [0.29, 0.717) is 0 Å². The van der Waals surface area contributed by atoms with Crippen LogP contribution in [0.15, 0.2) is 293 Å². The van der Waals surface area contributed by atoms with E-state index in [2.05, 4.69) is 59.8 Å². The van der Waals surface area contributed by atoms with Gasteiger partial charge in [-0.2, -0.15) is 0 Å². The maximum absolute atomic E-state index is 8.49. The van der Waals surface area contributed by atoms with Gasteiger partial charge in [-0.1, -0.05) is 72.8 Å². The molecule has 0 saturated carbocycles. The van der Waals surface area contributed by atoms with Gasteiger partial charge in [-0.05, 0) is 146 Å². The van der Waals surface area contributed by atoms with Crippen molar-refractivity contribution in [1.29, 1.82) is 63.1 Å². The normalized spacial score (nSPS) is 9.31. The van der Waals surface area contributed by atoms with Crippen LogP contribution in [-0.2, 0) is 33.6 Å². The van der Waals surface area contributed by atoms with Gasteiger partial charge >= 0.3 is 52.0 Å². The van der Waals surface area contributed by atoms with E-state index < -0.39 is 49.2 Å². The van der Waals surface area contributed by atoms with Crippen molar-refractivity contribution in [3.63, 3.8) is 0 Å². The number of nitriles is 12. The Hall–Kier alpha value is -14.7. The molecule has 12 rings (SSSR count). The molecule has 0 N–H and O–H groups in total. The monoisotopic (exact) mass is 1700 g/mol. The van der Waals surface area contributed by atoms with Gasteiger partial charge in [0.1, 0.15) is 0 Å². The third kappa shape index (κ3) is 48.0. The Morgan fingerprint density at radius 2 is 0.233 bits per heavy atom. The Kier molecular flexibility index (Phi) is 52.7. The predicted molar refractivity (Wildman–Crippen MR) is 369 cm³/mol. The second-order valence-electron chi connectivity index (χ2n) is 19.9. The Bertz CT molecular complexity index is 4100. The third-order valence-corrected chi connectivity index (χ3v) is 11.9. The first-order chi connectivity index (χ1) is 54.5. The molecule has 0 aliphatic carbocycles. The third-order valence-electron chi connectivity index (χ3n) is 11.9. The molecule has 0 aromatic carbocycles. The van der Waals surface area contributed by atoms with E-state index in [0.717, 1.165) is 68.3 Å². The first-order valence-electron chi connectivity index (χ1n) is 30.7. The van der Waals surface area contributed by atoms with Crippen LogP contribution in [0.2, 0.25) is 0 Å². The van der Waals surface area contributed by atoms with Crippen LogP contribution in [0.25, 0.3) is 68.3 Å². The number of hydrogen-bond donors (Lipinski definition) is 0. The molecule has 12 heterocycles. The Balaban J connectivity index is 0. The van der Waals surface area contributed by atoms with Crippen LogP contribution in [0, 0.1) is 165 Å². The molecule has 0 spiro atoms. The van der Waals surface area contributed by atoms with Crippen LogP contribution < -0.4 is 55.9 Å². The van der Waals surface area contributed by atoms with Gasteiger partial charge in [-0.25, -0.2) is 119 Å². The van der Waals surface area contributed by atoms with Crippen molar-refractivity contribution in [2.45, 2.75) is 0 Å². The fourth-order valence-electron chi connectivity index (χ4n) is 6.69. The summed E-state index contributed by atoms with van der Waals surface area (Å²) in [5, 5.41) is 97.0. The second kappa shape index (κ2) is 59.1. The Morgan fingerprint density at radius 1 is 0.164 bits per heavy atom. The van der Waals surface area contributed by atoms with Crippen LogP contribution >= 0.6 is 0 Å². The van der Waals surface area contributed by atoms with E-state index in [1.54, 1.807) is 74.4 Å². The minimum absolute atomic E-state index is 0. The maximum atomic E-state index is 8.49. The smallest absolute Gasteiger partial charge is 0.255 e. The molecule has 0 amide bonds.